The monoisotopic (exact) mass is 373 g/mol. The number of amides is 1. The van der Waals surface area contributed by atoms with Crippen molar-refractivity contribution < 1.29 is 14.3 Å². The van der Waals surface area contributed by atoms with Crippen LogP contribution in [-0.4, -0.2) is 26.2 Å². The second-order valence-electron chi connectivity index (χ2n) is 4.54. The average Bonchev–Trinajstić information content (AvgIpc) is 2.52. The molecular formula is C16H14Cl3NO3. The van der Waals surface area contributed by atoms with Gasteiger partial charge in [0.25, 0.3) is 5.91 Å². The lowest BCUT2D eigenvalue weighted by Crippen LogP contribution is -2.13. The number of benzene rings is 2. The normalized spacial score (nSPS) is 10.4. The molecule has 4 nitrogen and oxygen atoms in total. The fourth-order valence-corrected chi connectivity index (χ4v) is 2.51. The summed E-state index contributed by atoms with van der Waals surface area (Å²) in [6.45, 7) is 0.746. The van der Waals surface area contributed by atoms with Crippen LogP contribution < -0.4 is 10.1 Å². The molecule has 7 heteroatoms. The second kappa shape index (κ2) is 8.41. The number of halogens is 3. The summed E-state index contributed by atoms with van der Waals surface area (Å²) in [6.07, 6.45) is 0. The molecule has 0 atom stereocenters. The fourth-order valence-electron chi connectivity index (χ4n) is 1.81. The van der Waals surface area contributed by atoms with Gasteiger partial charge in [0.2, 0.25) is 0 Å². The van der Waals surface area contributed by atoms with Crippen LogP contribution >= 0.6 is 34.8 Å². The molecule has 2 aromatic rings. The summed E-state index contributed by atoms with van der Waals surface area (Å²) >= 11 is 18.2. The molecule has 2 rings (SSSR count). The Morgan fingerprint density at radius 3 is 2.48 bits per heavy atom. The molecule has 0 unspecified atom stereocenters. The Morgan fingerprint density at radius 2 is 1.78 bits per heavy atom. The van der Waals surface area contributed by atoms with Gasteiger partial charge in [-0.05, 0) is 18.2 Å². The van der Waals surface area contributed by atoms with Crippen LogP contribution in [0.4, 0.5) is 5.69 Å². The van der Waals surface area contributed by atoms with Gasteiger partial charge in [0, 0.05) is 13.2 Å². The molecule has 0 aliphatic carbocycles. The van der Waals surface area contributed by atoms with E-state index in [9.17, 15) is 4.79 Å². The van der Waals surface area contributed by atoms with Gasteiger partial charge < -0.3 is 14.8 Å². The number of methoxy groups -OCH3 is 1. The van der Waals surface area contributed by atoms with Crippen molar-refractivity contribution in [3.05, 3.63) is 57.0 Å². The summed E-state index contributed by atoms with van der Waals surface area (Å²) < 4.78 is 10.4. The van der Waals surface area contributed by atoms with Gasteiger partial charge in [-0.25, -0.2) is 0 Å². The number of anilines is 1. The topological polar surface area (TPSA) is 47.6 Å². The van der Waals surface area contributed by atoms with Crippen LogP contribution in [0.3, 0.4) is 0 Å². The third-order valence-corrected chi connectivity index (χ3v) is 3.87. The van der Waals surface area contributed by atoms with Gasteiger partial charge in [0.15, 0.2) is 0 Å². The van der Waals surface area contributed by atoms with E-state index in [1.807, 2.05) is 0 Å². The van der Waals surface area contributed by atoms with Crippen LogP contribution in [0.1, 0.15) is 10.4 Å². The average molecular weight is 375 g/mol. The molecule has 0 fully saturated rings. The van der Waals surface area contributed by atoms with Gasteiger partial charge in [-0.15, -0.1) is 0 Å². The zero-order valence-corrected chi connectivity index (χ0v) is 14.5. The van der Waals surface area contributed by atoms with E-state index in [1.165, 1.54) is 6.07 Å². The van der Waals surface area contributed by atoms with E-state index in [0.717, 1.165) is 0 Å². The zero-order chi connectivity index (χ0) is 16.8. The SMILES string of the molecule is COCCOc1cc(NC(=O)c2ccccc2Cl)c(Cl)cc1Cl. The lowest BCUT2D eigenvalue weighted by Gasteiger charge is -2.13. The minimum absolute atomic E-state index is 0.300. The van der Waals surface area contributed by atoms with Gasteiger partial charge in [-0.1, -0.05) is 46.9 Å². The molecule has 122 valence electrons. The Labute approximate surface area is 149 Å². The Kier molecular flexibility index (Phi) is 6.54. The quantitative estimate of drug-likeness (QED) is 0.730. The van der Waals surface area contributed by atoms with Crippen molar-refractivity contribution in [1.29, 1.82) is 0 Å². The zero-order valence-electron chi connectivity index (χ0n) is 12.2. The van der Waals surface area contributed by atoms with Crippen molar-refractivity contribution in [2.24, 2.45) is 0 Å². The predicted octanol–water partition coefficient (Wildman–Crippen LogP) is 4.92. The molecule has 0 aliphatic heterocycles. The highest BCUT2D eigenvalue weighted by atomic mass is 35.5. The number of carbonyl (C=O) groups excluding carboxylic acids is 1. The Bertz CT molecular complexity index is 707. The van der Waals surface area contributed by atoms with Gasteiger partial charge in [0.05, 0.1) is 32.9 Å². The first-order valence-corrected chi connectivity index (χ1v) is 7.83. The molecule has 23 heavy (non-hydrogen) atoms. The molecule has 0 radical (unpaired) electrons. The van der Waals surface area contributed by atoms with Crippen LogP contribution in [0.2, 0.25) is 15.1 Å². The highest BCUT2D eigenvalue weighted by molar-refractivity contribution is 6.38. The molecule has 0 saturated carbocycles. The molecular weight excluding hydrogens is 361 g/mol. The van der Waals surface area contributed by atoms with Crippen molar-refractivity contribution in [2.75, 3.05) is 25.6 Å². The third kappa shape index (κ3) is 4.75. The molecule has 0 saturated heterocycles. The standard InChI is InChI=1S/C16H14Cl3NO3/c1-22-6-7-23-15-9-14(12(18)8-13(15)19)20-16(21)10-4-2-3-5-11(10)17/h2-5,8-9H,6-7H2,1H3,(H,20,21). The molecule has 0 heterocycles. The van der Waals surface area contributed by atoms with E-state index in [1.54, 1.807) is 37.4 Å². The smallest absolute Gasteiger partial charge is 0.257 e. The summed E-state index contributed by atoms with van der Waals surface area (Å²) in [5.41, 5.74) is 0.732. The van der Waals surface area contributed by atoms with E-state index in [-0.39, 0.29) is 5.91 Å². The first kappa shape index (κ1) is 17.9. The molecule has 1 N–H and O–H groups in total. The van der Waals surface area contributed by atoms with Crippen molar-refractivity contribution >= 4 is 46.4 Å². The lowest BCUT2D eigenvalue weighted by molar-refractivity contribution is 0.102. The summed E-state index contributed by atoms with van der Waals surface area (Å²) in [6, 6.07) is 9.80. The molecule has 0 aromatic heterocycles. The number of hydrogen-bond donors (Lipinski definition) is 1. The predicted molar refractivity (Wildman–Crippen MR) is 93.2 cm³/mol. The van der Waals surface area contributed by atoms with Crippen molar-refractivity contribution in [3.63, 3.8) is 0 Å². The summed E-state index contributed by atoms with van der Waals surface area (Å²) in [7, 11) is 1.57. The summed E-state index contributed by atoms with van der Waals surface area (Å²) in [5.74, 6) is 0.0326. The van der Waals surface area contributed by atoms with Crippen molar-refractivity contribution in [2.45, 2.75) is 0 Å². The highest BCUT2D eigenvalue weighted by Crippen LogP contribution is 2.34. The van der Waals surface area contributed by atoms with Crippen molar-refractivity contribution in [3.8, 4) is 5.75 Å². The van der Waals surface area contributed by atoms with Crippen LogP contribution in [0.5, 0.6) is 5.75 Å². The van der Waals surface area contributed by atoms with Gasteiger partial charge in [-0.2, -0.15) is 0 Å². The van der Waals surface area contributed by atoms with E-state index < -0.39 is 0 Å². The third-order valence-electron chi connectivity index (χ3n) is 2.93. The number of hydrogen-bond acceptors (Lipinski definition) is 3. The molecule has 0 bridgehead atoms. The van der Waals surface area contributed by atoms with Crippen LogP contribution in [-0.2, 0) is 4.74 Å². The summed E-state index contributed by atoms with van der Waals surface area (Å²) in [4.78, 5) is 12.3. The first-order chi connectivity index (χ1) is 11.0. The minimum Gasteiger partial charge on any atom is -0.490 e. The molecule has 2 aromatic carbocycles. The number of carbonyl (C=O) groups is 1. The fraction of sp³-hybridized carbons (Fsp3) is 0.188. The van der Waals surface area contributed by atoms with E-state index in [4.69, 9.17) is 44.3 Å². The van der Waals surface area contributed by atoms with Gasteiger partial charge in [-0.3, -0.25) is 4.79 Å². The van der Waals surface area contributed by atoms with Crippen LogP contribution in [0.15, 0.2) is 36.4 Å². The Balaban J connectivity index is 2.20. The van der Waals surface area contributed by atoms with Crippen molar-refractivity contribution in [1.82, 2.24) is 0 Å². The second-order valence-corrected chi connectivity index (χ2v) is 5.76. The molecule has 0 spiro atoms. The molecule has 1 amide bonds. The van der Waals surface area contributed by atoms with E-state index in [0.29, 0.717) is 45.3 Å². The molecule has 0 aliphatic rings. The lowest BCUT2D eigenvalue weighted by atomic mass is 10.2. The summed E-state index contributed by atoms with van der Waals surface area (Å²) in [5, 5.41) is 3.70. The van der Waals surface area contributed by atoms with Crippen LogP contribution in [0.25, 0.3) is 0 Å². The maximum absolute atomic E-state index is 12.3. The van der Waals surface area contributed by atoms with Crippen LogP contribution in [0, 0.1) is 0 Å². The maximum Gasteiger partial charge on any atom is 0.257 e. The highest BCUT2D eigenvalue weighted by Gasteiger charge is 2.14. The minimum atomic E-state index is -0.373. The first-order valence-electron chi connectivity index (χ1n) is 6.69. The number of rotatable bonds is 6. The van der Waals surface area contributed by atoms with E-state index >= 15 is 0 Å². The Morgan fingerprint density at radius 1 is 1.04 bits per heavy atom. The van der Waals surface area contributed by atoms with Gasteiger partial charge >= 0.3 is 0 Å². The van der Waals surface area contributed by atoms with Gasteiger partial charge in [0.1, 0.15) is 12.4 Å². The number of ether oxygens (including phenoxy) is 2. The maximum atomic E-state index is 12.3. The van der Waals surface area contributed by atoms with E-state index in [2.05, 4.69) is 5.32 Å². The Hall–Kier alpha value is -1.46. The largest absolute Gasteiger partial charge is 0.490 e. The number of nitrogens with one attached hydrogen (secondary N) is 1.